The minimum absolute atomic E-state index is 0.303. The van der Waals surface area contributed by atoms with Crippen LogP contribution in [0.25, 0.3) is 0 Å². The van der Waals surface area contributed by atoms with Crippen LogP contribution in [0.2, 0.25) is 0 Å². The summed E-state index contributed by atoms with van der Waals surface area (Å²) in [7, 11) is 0. The van der Waals surface area contributed by atoms with Gasteiger partial charge in [0.25, 0.3) is 0 Å². The van der Waals surface area contributed by atoms with Gasteiger partial charge in [-0.15, -0.1) is 0 Å². The lowest BCUT2D eigenvalue weighted by Gasteiger charge is -2.03. The molecule has 0 unspecified atom stereocenters. The standard InChI is InChI=1S/C16H24O/c1-15(10-7-8-14-17)9-5-6-13-16-11-3-2-4-12-16/h2-4,10-12,17H,5-9,13-14H2,1H3/b15-10+. The Balaban J connectivity index is 2.09. The van der Waals surface area contributed by atoms with E-state index >= 15 is 0 Å². The van der Waals surface area contributed by atoms with Gasteiger partial charge in [0.15, 0.2) is 0 Å². The summed E-state index contributed by atoms with van der Waals surface area (Å²) in [6.07, 6.45) is 9.07. The number of aryl methyl sites for hydroxylation is 1. The van der Waals surface area contributed by atoms with Crippen LogP contribution in [0.4, 0.5) is 0 Å². The molecule has 1 aromatic rings. The maximum Gasteiger partial charge on any atom is 0.0433 e. The third-order valence-electron chi connectivity index (χ3n) is 2.98. The molecule has 1 nitrogen and oxygen atoms in total. The van der Waals surface area contributed by atoms with E-state index < -0.39 is 0 Å². The summed E-state index contributed by atoms with van der Waals surface area (Å²) in [4.78, 5) is 0. The second-order valence-electron chi connectivity index (χ2n) is 4.61. The minimum Gasteiger partial charge on any atom is -0.396 e. The molecule has 0 bridgehead atoms. The molecule has 0 heterocycles. The van der Waals surface area contributed by atoms with Crippen molar-refractivity contribution in [2.45, 2.75) is 45.4 Å². The maximum atomic E-state index is 8.69. The third kappa shape index (κ3) is 6.96. The van der Waals surface area contributed by atoms with Gasteiger partial charge < -0.3 is 5.11 Å². The van der Waals surface area contributed by atoms with E-state index in [2.05, 4.69) is 43.3 Å². The molecule has 0 saturated carbocycles. The first-order valence-electron chi connectivity index (χ1n) is 6.63. The summed E-state index contributed by atoms with van der Waals surface area (Å²) in [5.41, 5.74) is 2.90. The van der Waals surface area contributed by atoms with Crippen LogP contribution in [0.15, 0.2) is 42.0 Å². The van der Waals surface area contributed by atoms with Gasteiger partial charge in [-0.1, -0.05) is 42.0 Å². The summed E-state index contributed by atoms with van der Waals surface area (Å²) in [6, 6.07) is 10.7. The van der Waals surface area contributed by atoms with Crippen molar-refractivity contribution in [2.75, 3.05) is 6.61 Å². The smallest absolute Gasteiger partial charge is 0.0433 e. The zero-order chi connectivity index (χ0) is 12.3. The lowest BCUT2D eigenvalue weighted by molar-refractivity contribution is 0.289. The predicted molar refractivity (Wildman–Crippen MR) is 74.1 cm³/mol. The van der Waals surface area contributed by atoms with Gasteiger partial charge >= 0.3 is 0 Å². The number of allylic oxidation sites excluding steroid dienone is 2. The lowest BCUT2D eigenvalue weighted by Crippen LogP contribution is -1.86. The molecule has 0 fully saturated rings. The fourth-order valence-electron chi connectivity index (χ4n) is 1.92. The molecule has 1 aromatic carbocycles. The van der Waals surface area contributed by atoms with Gasteiger partial charge in [-0.25, -0.2) is 0 Å². The molecule has 17 heavy (non-hydrogen) atoms. The zero-order valence-corrected chi connectivity index (χ0v) is 10.9. The Labute approximate surface area is 105 Å². The first kappa shape index (κ1) is 14.0. The molecule has 94 valence electrons. The second kappa shape index (κ2) is 9.00. The van der Waals surface area contributed by atoms with E-state index in [9.17, 15) is 0 Å². The number of unbranched alkanes of at least 4 members (excludes halogenated alkanes) is 2. The van der Waals surface area contributed by atoms with Crippen molar-refractivity contribution in [1.82, 2.24) is 0 Å². The predicted octanol–water partition coefficient (Wildman–Crippen LogP) is 4.12. The fourth-order valence-corrected chi connectivity index (χ4v) is 1.92. The van der Waals surface area contributed by atoms with Crippen LogP contribution in [0.1, 0.15) is 44.6 Å². The van der Waals surface area contributed by atoms with Gasteiger partial charge in [-0.2, -0.15) is 0 Å². The molecule has 1 N–H and O–H groups in total. The molecule has 1 rings (SSSR count). The van der Waals surface area contributed by atoms with E-state index in [4.69, 9.17) is 5.11 Å². The van der Waals surface area contributed by atoms with Gasteiger partial charge in [-0.05, 0) is 51.0 Å². The van der Waals surface area contributed by atoms with Crippen LogP contribution in [0.3, 0.4) is 0 Å². The zero-order valence-electron chi connectivity index (χ0n) is 10.9. The van der Waals surface area contributed by atoms with Gasteiger partial charge in [-0.3, -0.25) is 0 Å². The van der Waals surface area contributed by atoms with Crippen molar-refractivity contribution in [2.24, 2.45) is 0 Å². The summed E-state index contributed by atoms with van der Waals surface area (Å²) in [6.45, 7) is 2.50. The molecular formula is C16H24O. The average Bonchev–Trinajstić information content (AvgIpc) is 2.36. The van der Waals surface area contributed by atoms with E-state index in [1.165, 1.54) is 36.8 Å². The van der Waals surface area contributed by atoms with E-state index in [1.54, 1.807) is 0 Å². The second-order valence-corrected chi connectivity index (χ2v) is 4.61. The van der Waals surface area contributed by atoms with Crippen LogP contribution in [-0.2, 0) is 6.42 Å². The van der Waals surface area contributed by atoms with Gasteiger partial charge in [0.05, 0.1) is 0 Å². The summed E-state index contributed by atoms with van der Waals surface area (Å²) in [5, 5.41) is 8.69. The van der Waals surface area contributed by atoms with E-state index in [0.717, 1.165) is 12.8 Å². The summed E-state index contributed by atoms with van der Waals surface area (Å²) >= 11 is 0. The molecule has 1 heteroatoms. The SMILES string of the molecule is C/C(=C\CCCO)CCCCc1ccccc1. The normalized spacial score (nSPS) is 11.8. The molecular weight excluding hydrogens is 208 g/mol. The number of hydrogen-bond donors (Lipinski definition) is 1. The van der Waals surface area contributed by atoms with Crippen LogP contribution in [-0.4, -0.2) is 11.7 Å². The van der Waals surface area contributed by atoms with Crippen molar-refractivity contribution in [3.8, 4) is 0 Å². The van der Waals surface area contributed by atoms with Crippen molar-refractivity contribution >= 4 is 0 Å². The van der Waals surface area contributed by atoms with E-state index in [-0.39, 0.29) is 0 Å². The Morgan fingerprint density at radius 2 is 1.88 bits per heavy atom. The molecule has 0 aromatic heterocycles. The quantitative estimate of drug-likeness (QED) is 0.528. The number of aliphatic hydroxyl groups excluding tert-OH is 1. The molecule has 0 spiro atoms. The number of rotatable bonds is 8. The largest absolute Gasteiger partial charge is 0.396 e. The lowest BCUT2D eigenvalue weighted by atomic mass is 10.0. The van der Waals surface area contributed by atoms with Gasteiger partial charge in [0.1, 0.15) is 0 Å². The van der Waals surface area contributed by atoms with E-state index in [1.807, 2.05) is 0 Å². The van der Waals surface area contributed by atoms with Crippen LogP contribution in [0, 0.1) is 0 Å². The Morgan fingerprint density at radius 1 is 1.12 bits per heavy atom. The Bertz CT molecular complexity index is 314. The Hall–Kier alpha value is -1.08. The Morgan fingerprint density at radius 3 is 2.59 bits per heavy atom. The van der Waals surface area contributed by atoms with Crippen LogP contribution >= 0.6 is 0 Å². The van der Waals surface area contributed by atoms with Gasteiger partial charge in [0, 0.05) is 6.61 Å². The molecule has 0 atom stereocenters. The highest BCUT2D eigenvalue weighted by molar-refractivity contribution is 5.14. The van der Waals surface area contributed by atoms with Crippen molar-refractivity contribution in [3.05, 3.63) is 47.5 Å². The average molecular weight is 232 g/mol. The summed E-state index contributed by atoms with van der Waals surface area (Å²) in [5.74, 6) is 0. The molecule has 0 radical (unpaired) electrons. The highest BCUT2D eigenvalue weighted by Gasteiger charge is 1.94. The van der Waals surface area contributed by atoms with Crippen LogP contribution < -0.4 is 0 Å². The number of benzene rings is 1. The number of hydrogen-bond acceptors (Lipinski definition) is 1. The Kier molecular flexibility index (Phi) is 7.40. The first-order chi connectivity index (χ1) is 8.33. The highest BCUT2D eigenvalue weighted by Crippen LogP contribution is 2.11. The van der Waals surface area contributed by atoms with Crippen molar-refractivity contribution < 1.29 is 5.11 Å². The molecule has 0 aliphatic carbocycles. The fraction of sp³-hybridized carbons (Fsp3) is 0.500. The van der Waals surface area contributed by atoms with Crippen LogP contribution in [0.5, 0.6) is 0 Å². The monoisotopic (exact) mass is 232 g/mol. The van der Waals surface area contributed by atoms with E-state index in [0.29, 0.717) is 6.61 Å². The van der Waals surface area contributed by atoms with Crippen molar-refractivity contribution in [1.29, 1.82) is 0 Å². The molecule has 0 amide bonds. The molecule has 0 aliphatic rings. The highest BCUT2D eigenvalue weighted by atomic mass is 16.2. The topological polar surface area (TPSA) is 20.2 Å². The summed E-state index contributed by atoms with van der Waals surface area (Å²) < 4.78 is 0. The molecule has 0 aliphatic heterocycles. The number of aliphatic hydroxyl groups is 1. The van der Waals surface area contributed by atoms with Crippen molar-refractivity contribution in [3.63, 3.8) is 0 Å². The minimum atomic E-state index is 0.303. The first-order valence-corrected chi connectivity index (χ1v) is 6.63. The molecule has 0 saturated heterocycles. The third-order valence-corrected chi connectivity index (χ3v) is 2.98. The maximum absolute atomic E-state index is 8.69. The van der Waals surface area contributed by atoms with Gasteiger partial charge in [0.2, 0.25) is 0 Å².